The third-order valence-electron chi connectivity index (χ3n) is 2.97. The van der Waals surface area contributed by atoms with Gasteiger partial charge in [0.15, 0.2) is 17.5 Å². The largest absolute Gasteiger partial charge is 0.376 e. The van der Waals surface area contributed by atoms with Crippen LogP contribution in [0, 0.1) is 17.6 Å². The first-order valence-corrected chi connectivity index (χ1v) is 6.00. The summed E-state index contributed by atoms with van der Waals surface area (Å²) in [6.07, 6.45) is 1.44. The fraction of sp³-hybridized carbons (Fsp3) is 0.583. The Morgan fingerprint density at radius 3 is 2.89 bits per heavy atom. The molecule has 18 heavy (non-hydrogen) atoms. The quantitative estimate of drug-likeness (QED) is 0.764. The van der Waals surface area contributed by atoms with Gasteiger partial charge < -0.3 is 9.64 Å². The van der Waals surface area contributed by atoms with E-state index in [0.717, 1.165) is 6.42 Å². The molecule has 1 fully saturated rings. The van der Waals surface area contributed by atoms with Gasteiger partial charge in [-0.05, 0) is 12.8 Å². The lowest BCUT2D eigenvalue weighted by Gasteiger charge is -2.24. The number of ether oxygens (including phenoxy) is 1. The van der Waals surface area contributed by atoms with Crippen LogP contribution in [0.2, 0.25) is 0 Å². The lowest BCUT2D eigenvalue weighted by atomic mass is 10.2. The van der Waals surface area contributed by atoms with Crippen molar-refractivity contribution < 1.29 is 17.9 Å². The van der Waals surface area contributed by atoms with Crippen LogP contribution in [-0.2, 0) is 4.74 Å². The standard InChI is InChI=1S/C12H15F3N2O/c1-2-8-7-17(4-3-5-18-8)12-10(14)6-9(13)11(15)16-12/h6,8H,2-5,7H2,1H3. The van der Waals surface area contributed by atoms with Gasteiger partial charge in [0, 0.05) is 25.8 Å². The molecule has 6 heteroatoms. The Morgan fingerprint density at radius 2 is 2.17 bits per heavy atom. The predicted octanol–water partition coefficient (Wildman–Crippen LogP) is 2.50. The maximum atomic E-state index is 13.6. The van der Waals surface area contributed by atoms with Crippen molar-refractivity contribution in [1.82, 2.24) is 4.98 Å². The Hall–Kier alpha value is -1.30. The third kappa shape index (κ3) is 2.75. The van der Waals surface area contributed by atoms with Gasteiger partial charge in [-0.3, -0.25) is 0 Å². The van der Waals surface area contributed by atoms with E-state index in [4.69, 9.17) is 4.74 Å². The van der Waals surface area contributed by atoms with Gasteiger partial charge in [-0.25, -0.2) is 8.78 Å². The minimum absolute atomic E-state index is 0.0400. The lowest BCUT2D eigenvalue weighted by Crippen LogP contribution is -2.33. The van der Waals surface area contributed by atoms with Crippen molar-refractivity contribution in [1.29, 1.82) is 0 Å². The molecule has 0 bridgehead atoms. The topological polar surface area (TPSA) is 25.4 Å². The molecule has 1 unspecified atom stereocenters. The zero-order valence-corrected chi connectivity index (χ0v) is 10.1. The molecule has 0 amide bonds. The number of nitrogens with zero attached hydrogens (tertiary/aromatic N) is 2. The van der Waals surface area contributed by atoms with E-state index in [1.165, 1.54) is 0 Å². The highest BCUT2D eigenvalue weighted by Crippen LogP contribution is 2.21. The molecule has 1 aliphatic heterocycles. The molecule has 1 aromatic rings. The molecule has 0 radical (unpaired) electrons. The molecule has 1 aliphatic rings. The Morgan fingerprint density at radius 1 is 1.39 bits per heavy atom. The number of halogens is 3. The van der Waals surface area contributed by atoms with Crippen LogP contribution in [0.3, 0.4) is 0 Å². The number of anilines is 1. The van der Waals surface area contributed by atoms with Crippen molar-refractivity contribution in [3.63, 3.8) is 0 Å². The molecule has 100 valence electrons. The van der Waals surface area contributed by atoms with Crippen molar-refractivity contribution in [3.8, 4) is 0 Å². The van der Waals surface area contributed by atoms with Gasteiger partial charge in [-0.15, -0.1) is 0 Å². The molecular formula is C12H15F3N2O. The fourth-order valence-electron chi connectivity index (χ4n) is 1.99. The summed E-state index contributed by atoms with van der Waals surface area (Å²) < 4.78 is 45.1. The summed E-state index contributed by atoms with van der Waals surface area (Å²) in [7, 11) is 0. The highest BCUT2D eigenvalue weighted by atomic mass is 19.2. The average Bonchev–Trinajstić information content (AvgIpc) is 2.59. The van der Waals surface area contributed by atoms with Crippen molar-refractivity contribution in [2.75, 3.05) is 24.6 Å². The minimum atomic E-state index is -1.27. The summed E-state index contributed by atoms with van der Waals surface area (Å²) >= 11 is 0. The lowest BCUT2D eigenvalue weighted by molar-refractivity contribution is 0.0664. The Balaban J connectivity index is 2.26. The molecule has 0 spiro atoms. The van der Waals surface area contributed by atoms with E-state index in [0.29, 0.717) is 32.2 Å². The van der Waals surface area contributed by atoms with Gasteiger partial charge in [-0.1, -0.05) is 6.92 Å². The maximum absolute atomic E-state index is 13.6. The van der Waals surface area contributed by atoms with E-state index in [1.54, 1.807) is 4.90 Å². The molecular weight excluding hydrogens is 245 g/mol. The molecule has 1 atom stereocenters. The SMILES string of the molecule is CCC1CN(c2nc(F)c(F)cc2F)CCCO1. The summed E-state index contributed by atoms with van der Waals surface area (Å²) in [6.45, 7) is 3.50. The minimum Gasteiger partial charge on any atom is -0.376 e. The maximum Gasteiger partial charge on any atom is 0.251 e. The first-order chi connectivity index (χ1) is 8.61. The second-order valence-corrected chi connectivity index (χ2v) is 4.27. The molecule has 2 heterocycles. The van der Waals surface area contributed by atoms with E-state index in [2.05, 4.69) is 4.98 Å². The first kappa shape index (κ1) is 13.1. The molecule has 1 aromatic heterocycles. The van der Waals surface area contributed by atoms with Crippen LogP contribution in [0.4, 0.5) is 19.0 Å². The number of rotatable bonds is 2. The van der Waals surface area contributed by atoms with Gasteiger partial charge in [-0.2, -0.15) is 9.37 Å². The van der Waals surface area contributed by atoms with Crippen molar-refractivity contribution >= 4 is 5.82 Å². The molecule has 2 rings (SSSR count). The van der Waals surface area contributed by atoms with Crippen LogP contribution in [-0.4, -0.2) is 30.8 Å². The van der Waals surface area contributed by atoms with E-state index in [1.807, 2.05) is 6.92 Å². The van der Waals surface area contributed by atoms with E-state index in [-0.39, 0.29) is 11.9 Å². The number of hydrogen-bond acceptors (Lipinski definition) is 3. The Kier molecular flexibility index (Phi) is 4.06. The van der Waals surface area contributed by atoms with Crippen LogP contribution in [0.25, 0.3) is 0 Å². The van der Waals surface area contributed by atoms with Crippen molar-refractivity contribution in [3.05, 3.63) is 23.6 Å². The highest BCUT2D eigenvalue weighted by Gasteiger charge is 2.22. The highest BCUT2D eigenvalue weighted by molar-refractivity contribution is 5.40. The van der Waals surface area contributed by atoms with Crippen LogP contribution in [0.15, 0.2) is 6.07 Å². The Bertz CT molecular complexity index is 428. The molecule has 0 aromatic carbocycles. The number of pyridine rings is 1. The normalized spacial score (nSPS) is 20.9. The van der Waals surface area contributed by atoms with Gasteiger partial charge in [0.1, 0.15) is 0 Å². The first-order valence-electron chi connectivity index (χ1n) is 6.00. The summed E-state index contributed by atoms with van der Waals surface area (Å²) in [4.78, 5) is 4.97. The summed E-state index contributed by atoms with van der Waals surface area (Å²) in [5.74, 6) is -3.53. The third-order valence-corrected chi connectivity index (χ3v) is 2.97. The van der Waals surface area contributed by atoms with Crippen LogP contribution < -0.4 is 4.90 Å². The molecule has 0 aliphatic carbocycles. The van der Waals surface area contributed by atoms with Gasteiger partial charge in [0.05, 0.1) is 6.10 Å². The van der Waals surface area contributed by atoms with Gasteiger partial charge in [0.2, 0.25) is 0 Å². The molecule has 0 N–H and O–H groups in total. The average molecular weight is 260 g/mol. The smallest absolute Gasteiger partial charge is 0.251 e. The van der Waals surface area contributed by atoms with Crippen LogP contribution in [0.1, 0.15) is 19.8 Å². The predicted molar refractivity (Wildman–Crippen MR) is 61.0 cm³/mol. The summed E-state index contributed by atoms with van der Waals surface area (Å²) in [5.41, 5.74) is 0. The van der Waals surface area contributed by atoms with Crippen molar-refractivity contribution in [2.24, 2.45) is 0 Å². The van der Waals surface area contributed by atoms with Gasteiger partial charge >= 0.3 is 0 Å². The zero-order valence-electron chi connectivity index (χ0n) is 10.1. The Labute approximate surface area is 104 Å². The second kappa shape index (κ2) is 5.56. The van der Waals surface area contributed by atoms with E-state index < -0.39 is 17.6 Å². The zero-order chi connectivity index (χ0) is 13.1. The van der Waals surface area contributed by atoms with E-state index in [9.17, 15) is 13.2 Å². The molecule has 0 saturated carbocycles. The van der Waals surface area contributed by atoms with Crippen LogP contribution in [0.5, 0.6) is 0 Å². The van der Waals surface area contributed by atoms with Gasteiger partial charge in [0.25, 0.3) is 5.95 Å². The number of hydrogen-bond donors (Lipinski definition) is 0. The summed E-state index contributed by atoms with van der Waals surface area (Å²) in [5, 5.41) is 0. The van der Waals surface area contributed by atoms with Crippen LogP contribution >= 0.6 is 0 Å². The second-order valence-electron chi connectivity index (χ2n) is 4.27. The molecule has 3 nitrogen and oxygen atoms in total. The fourth-order valence-corrected chi connectivity index (χ4v) is 1.99. The summed E-state index contributed by atoms with van der Waals surface area (Å²) in [6, 6.07) is 0.532. The van der Waals surface area contributed by atoms with E-state index >= 15 is 0 Å². The molecule has 1 saturated heterocycles. The number of aromatic nitrogens is 1. The van der Waals surface area contributed by atoms with Crippen molar-refractivity contribution in [2.45, 2.75) is 25.9 Å². The monoisotopic (exact) mass is 260 g/mol.